The maximum Gasteiger partial charge on any atom is 0.307 e. The minimum absolute atomic E-state index is 0.198. The number of hydrogen-bond donors (Lipinski definition) is 1. The van der Waals surface area contributed by atoms with Crippen molar-refractivity contribution in [3.63, 3.8) is 0 Å². The maximum atomic E-state index is 11.7. The first-order valence-electron chi connectivity index (χ1n) is 7.28. The molecule has 0 saturated carbocycles. The summed E-state index contributed by atoms with van der Waals surface area (Å²) >= 11 is 3.06. The Morgan fingerprint density at radius 3 is 2.96 bits per heavy atom. The van der Waals surface area contributed by atoms with Crippen LogP contribution >= 0.6 is 23.1 Å². The van der Waals surface area contributed by atoms with E-state index in [1.165, 1.54) is 24.2 Å². The van der Waals surface area contributed by atoms with Gasteiger partial charge in [0.2, 0.25) is 0 Å². The van der Waals surface area contributed by atoms with E-state index in [2.05, 4.69) is 15.5 Å². The van der Waals surface area contributed by atoms with Crippen molar-refractivity contribution in [1.82, 2.24) is 10.4 Å². The van der Waals surface area contributed by atoms with E-state index in [4.69, 9.17) is 8.83 Å². The largest absolute Gasteiger partial charge is 0.459 e. The number of nitrogens with one attached hydrogen (secondary N) is 1. The first-order valence-corrected chi connectivity index (χ1v) is 8.91. The number of nitrogens with zero attached hydrogens (tertiary/aromatic N) is 2. The molecule has 3 heterocycles. The van der Waals surface area contributed by atoms with Crippen molar-refractivity contribution >= 4 is 45.4 Å². The maximum absolute atomic E-state index is 11.7. The van der Waals surface area contributed by atoms with Gasteiger partial charge >= 0.3 is 5.91 Å². The zero-order valence-electron chi connectivity index (χ0n) is 12.7. The van der Waals surface area contributed by atoms with Gasteiger partial charge in [-0.1, -0.05) is 12.1 Å². The van der Waals surface area contributed by atoms with E-state index < -0.39 is 5.91 Å². The van der Waals surface area contributed by atoms with Crippen LogP contribution in [-0.4, -0.2) is 17.1 Å². The van der Waals surface area contributed by atoms with Gasteiger partial charge in [0.15, 0.2) is 15.2 Å². The van der Waals surface area contributed by atoms with E-state index in [0.717, 1.165) is 14.6 Å². The van der Waals surface area contributed by atoms with Crippen molar-refractivity contribution < 1.29 is 13.6 Å². The lowest BCUT2D eigenvalue weighted by Crippen LogP contribution is -2.16. The van der Waals surface area contributed by atoms with Crippen LogP contribution in [0.1, 0.15) is 16.3 Å². The number of aromatic nitrogens is 1. The molecule has 124 valence electrons. The number of amides is 1. The van der Waals surface area contributed by atoms with Gasteiger partial charge in [0.05, 0.1) is 22.7 Å². The fourth-order valence-corrected chi connectivity index (χ4v) is 4.03. The number of hydrazone groups is 1. The predicted octanol–water partition coefficient (Wildman–Crippen LogP) is 4.40. The summed E-state index contributed by atoms with van der Waals surface area (Å²) in [5.41, 5.74) is 3.35. The Kier molecular flexibility index (Phi) is 4.36. The first-order chi connectivity index (χ1) is 12.3. The number of hydrogen-bond acceptors (Lipinski definition) is 7. The average Bonchev–Trinajstić information content (AvgIpc) is 3.35. The van der Waals surface area contributed by atoms with E-state index in [1.54, 1.807) is 29.5 Å². The number of para-hydroxylation sites is 1. The summed E-state index contributed by atoms with van der Waals surface area (Å²) in [6.07, 6.45) is 2.86. The molecule has 0 atom stereocenters. The van der Waals surface area contributed by atoms with Crippen LogP contribution in [0.5, 0.6) is 0 Å². The minimum Gasteiger partial charge on any atom is -0.459 e. The van der Waals surface area contributed by atoms with Gasteiger partial charge in [-0.3, -0.25) is 4.79 Å². The Balaban J connectivity index is 1.40. The Bertz CT molecular complexity index is 1000. The molecule has 1 amide bonds. The number of furan rings is 2. The number of carbonyl (C=O) groups excluding carboxylic acids is 1. The van der Waals surface area contributed by atoms with Gasteiger partial charge in [0.25, 0.3) is 0 Å². The SMILES string of the molecule is O=C(NN=Cc1ccc(Sc2nc3ccccc3s2)o1)c1ccco1. The molecule has 0 radical (unpaired) electrons. The van der Waals surface area contributed by atoms with Crippen LogP contribution in [0.15, 0.2) is 78.2 Å². The molecular formula is C17H11N3O3S2. The molecule has 25 heavy (non-hydrogen) atoms. The van der Waals surface area contributed by atoms with Crippen molar-refractivity contribution in [3.05, 3.63) is 66.3 Å². The normalized spacial score (nSPS) is 11.4. The Morgan fingerprint density at radius 1 is 1.20 bits per heavy atom. The molecule has 0 spiro atoms. The summed E-state index contributed by atoms with van der Waals surface area (Å²) in [5.74, 6) is 0.309. The molecule has 1 aromatic carbocycles. The second-order valence-corrected chi connectivity index (χ2v) is 7.17. The molecule has 6 nitrogen and oxygen atoms in total. The Hall–Kier alpha value is -2.84. The number of carbonyl (C=O) groups is 1. The Labute approximate surface area is 150 Å². The highest BCUT2D eigenvalue weighted by molar-refractivity contribution is 8.01. The number of rotatable bonds is 5. The highest BCUT2D eigenvalue weighted by atomic mass is 32.2. The van der Waals surface area contributed by atoms with E-state index in [-0.39, 0.29) is 5.76 Å². The highest BCUT2D eigenvalue weighted by Gasteiger charge is 2.09. The number of benzene rings is 1. The predicted molar refractivity (Wildman–Crippen MR) is 96.2 cm³/mol. The van der Waals surface area contributed by atoms with Crippen LogP contribution in [-0.2, 0) is 0 Å². The standard InChI is InChI=1S/C17H11N3O3S2/c21-16(13-5-3-9-22-13)20-18-10-11-7-8-15(23-11)25-17-19-12-4-1-2-6-14(12)24-17/h1-10H,(H,20,21). The molecular weight excluding hydrogens is 358 g/mol. The molecule has 0 aliphatic heterocycles. The van der Waals surface area contributed by atoms with E-state index in [9.17, 15) is 4.79 Å². The Morgan fingerprint density at radius 2 is 2.12 bits per heavy atom. The lowest BCUT2D eigenvalue weighted by molar-refractivity contribution is 0.0927. The second-order valence-electron chi connectivity index (χ2n) is 4.88. The molecule has 0 fully saturated rings. The van der Waals surface area contributed by atoms with Crippen LogP contribution < -0.4 is 5.43 Å². The highest BCUT2D eigenvalue weighted by Crippen LogP contribution is 2.34. The third kappa shape index (κ3) is 3.65. The molecule has 4 aromatic rings. The van der Waals surface area contributed by atoms with Crippen LogP contribution in [0.2, 0.25) is 0 Å². The van der Waals surface area contributed by atoms with E-state index >= 15 is 0 Å². The molecule has 4 rings (SSSR count). The van der Waals surface area contributed by atoms with Crippen molar-refractivity contribution in [1.29, 1.82) is 0 Å². The van der Waals surface area contributed by atoms with Crippen LogP contribution in [0.25, 0.3) is 10.2 Å². The van der Waals surface area contributed by atoms with Gasteiger partial charge in [-0.2, -0.15) is 5.10 Å². The van der Waals surface area contributed by atoms with Gasteiger partial charge in [0.1, 0.15) is 5.76 Å². The van der Waals surface area contributed by atoms with E-state index in [0.29, 0.717) is 10.9 Å². The summed E-state index contributed by atoms with van der Waals surface area (Å²) < 4.78 is 12.7. The van der Waals surface area contributed by atoms with Crippen LogP contribution in [0.3, 0.4) is 0 Å². The topological polar surface area (TPSA) is 80.6 Å². The lowest BCUT2D eigenvalue weighted by atomic mass is 10.3. The summed E-state index contributed by atoms with van der Waals surface area (Å²) in [6.45, 7) is 0. The van der Waals surface area contributed by atoms with Gasteiger partial charge in [-0.25, -0.2) is 10.4 Å². The van der Waals surface area contributed by atoms with Crippen LogP contribution in [0.4, 0.5) is 0 Å². The molecule has 0 unspecified atom stereocenters. The summed E-state index contributed by atoms with van der Waals surface area (Å²) in [6, 6.07) is 14.8. The van der Waals surface area contributed by atoms with Gasteiger partial charge in [-0.15, -0.1) is 11.3 Å². The van der Waals surface area contributed by atoms with Gasteiger partial charge in [-0.05, 0) is 48.2 Å². The van der Waals surface area contributed by atoms with Gasteiger partial charge in [0, 0.05) is 0 Å². The number of fused-ring (bicyclic) bond motifs is 1. The summed E-state index contributed by atoms with van der Waals surface area (Å²) in [4.78, 5) is 16.2. The quantitative estimate of drug-likeness (QED) is 0.417. The first kappa shape index (κ1) is 15.7. The van der Waals surface area contributed by atoms with Crippen molar-refractivity contribution in [2.75, 3.05) is 0 Å². The van der Waals surface area contributed by atoms with Crippen molar-refractivity contribution in [2.45, 2.75) is 9.43 Å². The zero-order chi connectivity index (χ0) is 17.1. The van der Waals surface area contributed by atoms with E-state index in [1.807, 2.05) is 30.3 Å². The second kappa shape index (κ2) is 6.96. The van der Waals surface area contributed by atoms with Crippen LogP contribution in [0, 0.1) is 0 Å². The lowest BCUT2D eigenvalue weighted by Gasteiger charge is -1.94. The smallest absolute Gasteiger partial charge is 0.307 e. The molecule has 1 N–H and O–H groups in total. The van der Waals surface area contributed by atoms with Gasteiger partial charge < -0.3 is 8.83 Å². The third-order valence-corrected chi connectivity index (χ3v) is 5.18. The zero-order valence-corrected chi connectivity index (χ0v) is 14.3. The average molecular weight is 369 g/mol. The molecule has 8 heteroatoms. The summed E-state index contributed by atoms with van der Waals surface area (Å²) in [7, 11) is 0. The van der Waals surface area contributed by atoms with Crippen molar-refractivity contribution in [3.8, 4) is 0 Å². The molecule has 0 saturated heterocycles. The number of thiazole rings is 1. The molecule has 0 aliphatic rings. The fraction of sp³-hybridized carbons (Fsp3) is 0. The molecule has 3 aromatic heterocycles. The molecule has 0 bridgehead atoms. The monoisotopic (exact) mass is 369 g/mol. The third-order valence-electron chi connectivity index (χ3n) is 3.17. The molecule has 0 aliphatic carbocycles. The summed E-state index contributed by atoms with van der Waals surface area (Å²) in [5, 5.41) is 4.56. The van der Waals surface area contributed by atoms with Crippen molar-refractivity contribution in [2.24, 2.45) is 5.10 Å². The fourth-order valence-electron chi connectivity index (χ4n) is 2.06. The minimum atomic E-state index is -0.420.